The molecule has 3 aromatic rings. The molecule has 3 heterocycles. The number of methoxy groups -OCH3 is 2. The molecule has 9 nitrogen and oxygen atoms in total. The Kier molecular flexibility index (Phi) is 5.65. The number of amides is 2. The second-order valence-corrected chi connectivity index (χ2v) is 8.74. The van der Waals surface area contributed by atoms with Gasteiger partial charge in [-0.05, 0) is 18.2 Å². The first-order valence-electron chi connectivity index (χ1n) is 10.9. The van der Waals surface area contributed by atoms with Gasteiger partial charge in [-0.25, -0.2) is 9.97 Å². The predicted molar refractivity (Wildman–Crippen MR) is 130 cm³/mol. The third kappa shape index (κ3) is 3.66. The number of nitrogens with zero attached hydrogens (tertiary/aromatic N) is 5. The second-order valence-electron chi connectivity index (χ2n) is 8.33. The Balaban J connectivity index is 1.45. The van der Waals surface area contributed by atoms with Crippen LogP contribution in [-0.4, -0.2) is 62.7 Å². The van der Waals surface area contributed by atoms with Gasteiger partial charge in [0.15, 0.2) is 11.6 Å². The van der Waals surface area contributed by atoms with Gasteiger partial charge in [0, 0.05) is 39.2 Å². The van der Waals surface area contributed by atoms with Gasteiger partial charge in [-0.2, -0.15) is 0 Å². The smallest absolute Gasteiger partial charge is 0.233 e. The van der Waals surface area contributed by atoms with Crippen LogP contribution in [0, 0.1) is 5.92 Å². The fraction of sp³-hybridized carbons (Fsp3) is 0.333. The maximum atomic E-state index is 13.6. The number of hydrogen-bond donors (Lipinski definition) is 0. The minimum absolute atomic E-state index is 0.0916. The molecular formula is C24H24ClN5O4. The highest BCUT2D eigenvalue weighted by Crippen LogP contribution is 2.41. The summed E-state index contributed by atoms with van der Waals surface area (Å²) in [5.74, 6) is 1.23. The molecule has 0 bridgehead atoms. The molecule has 2 aliphatic rings. The van der Waals surface area contributed by atoms with Crippen molar-refractivity contribution in [2.75, 3.05) is 55.6 Å². The van der Waals surface area contributed by atoms with Crippen molar-refractivity contribution in [3.63, 3.8) is 0 Å². The van der Waals surface area contributed by atoms with Crippen molar-refractivity contribution >= 4 is 51.8 Å². The number of carbonyl (C=O) groups excluding carboxylic acids is 2. The Hall–Kier alpha value is -3.59. The molecule has 0 spiro atoms. The summed E-state index contributed by atoms with van der Waals surface area (Å²) in [5, 5.41) is 0.357. The van der Waals surface area contributed by atoms with Gasteiger partial charge in [-0.3, -0.25) is 14.5 Å². The third-order valence-corrected chi connectivity index (χ3v) is 6.59. The Labute approximate surface area is 201 Å². The Morgan fingerprint density at radius 2 is 1.71 bits per heavy atom. The summed E-state index contributed by atoms with van der Waals surface area (Å²) in [6.45, 7) is 1.31. The summed E-state index contributed by atoms with van der Waals surface area (Å²) in [4.78, 5) is 41.3. The van der Waals surface area contributed by atoms with Crippen molar-refractivity contribution in [3.05, 3.63) is 41.4 Å². The van der Waals surface area contributed by atoms with Crippen LogP contribution in [0.4, 0.5) is 17.3 Å². The van der Waals surface area contributed by atoms with Gasteiger partial charge in [0.05, 0.1) is 41.9 Å². The maximum Gasteiger partial charge on any atom is 0.233 e. The van der Waals surface area contributed by atoms with Crippen molar-refractivity contribution in [2.45, 2.75) is 6.42 Å². The fourth-order valence-corrected chi connectivity index (χ4v) is 4.71. The molecule has 5 rings (SSSR count). The van der Waals surface area contributed by atoms with Crippen molar-refractivity contribution in [1.82, 2.24) is 9.97 Å². The van der Waals surface area contributed by atoms with E-state index in [1.165, 1.54) is 14.2 Å². The van der Waals surface area contributed by atoms with Gasteiger partial charge in [-0.1, -0.05) is 23.7 Å². The largest absolute Gasteiger partial charge is 0.495 e. The van der Waals surface area contributed by atoms with Gasteiger partial charge in [0.2, 0.25) is 11.8 Å². The number of carbonyl (C=O) groups is 2. The lowest BCUT2D eigenvalue weighted by atomic mass is 10.1. The Morgan fingerprint density at radius 3 is 2.38 bits per heavy atom. The highest BCUT2D eigenvalue weighted by atomic mass is 35.5. The first kappa shape index (κ1) is 22.2. The molecule has 0 N–H and O–H groups in total. The Bertz CT molecular complexity index is 1300. The highest BCUT2D eigenvalue weighted by molar-refractivity contribution is 6.32. The number of anilines is 3. The number of fused-ring (bicyclic) bond motifs is 2. The van der Waals surface area contributed by atoms with Crippen LogP contribution >= 0.6 is 11.6 Å². The predicted octanol–water partition coefficient (Wildman–Crippen LogP) is 3.14. The fourth-order valence-electron chi connectivity index (χ4n) is 4.48. The van der Waals surface area contributed by atoms with Gasteiger partial charge in [0.1, 0.15) is 11.5 Å². The van der Waals surface area contributed by atoms with Gasteiger partial charge < -0.3 is 19.3 Å². The number of hydrogen-bond acceptors (Lipinski definition) is 7. The van der Waals surface area contributed by atoms with Crippen LogP contribution in [0.5, 0.6) is 11.5 Å². The van der Waals surface area contributed by atoms with E-state index in [-0.39, 0.29) is 24.8 Å². The zero-order valence-electron chi connectivity index (χ0n) is 19.1. The van der Waals surface area contributed by atoms with Crippen molar-refractivity contribution in [3.8, 4) is 11.5 Å². The maximum absolute atomic E-state index is 13.6. The molecule has 2 aromatic carbocycles. The van der Waals surface area contributed by atoms with Crippen LogP contribution in [-0.2, 0) is 9.59 Å². The van der Waals surface area contributed by atoms with E-state index in [9.17, 15) is 9.59 Å². The minimum Gasteiger partial charge on any atom is -0.495 e. The molecule has 2 aliphatic heterocycles. The lowest BCUT2D eigenvalue weighted by Crippen LogP contribution is -2.46. The van der Waals surface area contributed by atoms with E-state index in [2.05, 4.69) is 0 Å². The van der Waals surface area contributed by atoms with Crippen LogP contribution in [0.3, 0.4) is 0 Å². The topological polar surface area (TPSA) is 88.1 Å². The molecule has 0 radical (unpaired) electrons. The molecule has 1 atom stereocenters. The standard InChI is InChI=1S/C24H24ClN5O4/c1-28-8-9-29(23-22(28)26-16-6-4-5-7-17(16)27-23)24(32)14-10-21(31)30(13-14)18-11-15(25)19(33-2)12-20(18)34-3/h4-7,11-12,14H,8-10,13H2,1-3H3/t14-/m1/s1. The molecule has 0 saturated carbocycles. The van der Waals surface area contributed by atoms with E-state index in [1.54, 1.807) is 21.9 Å². The SMILES string of the molecule is COc1cc(OC)c(N2C[C@H](C(=O)N3CCN(C)c4nc5ccccc5nc43)CC2=O)cc1Cl. The van der Waals surface area contributed by atoms with Gasteiger partial charge in [-0.15, -0.1) is 0 Å². The minimum atomic E-state index is -0.525. The van der Waals surface area contributed by atoms with Crippen molar-refractivity contribution < 1.29 is 19.1 Å². The van der Waals surface area contributed by atoms with Crippen LogP contribution in [0.15, 0.2) is 36.4 Å². The summed E-state index contributed by atoms with van der Waals surface area (Å²) in [6.07, 6.45) is 0.0916. The molecule has 176 valence electrons. The highest BCUT2D eigenvalue weighted by Gasteiger charge is 2.41. The zero-order chi connectivity index (χ0) is 24.0. The molecule has 0 aliphatic carbocycles. The Morgan fingerprint density at radius 1 is 1.03 bits per heavy atom. The number of likely N-dealkylation sites (N-methyl/N-ethyl adjacent to an activating group) is 1. The summed E-state index contributed by atoms with van der Waals surface area (Å²) >= 11 is 6.31. The van der Waals surface area contributed by atoms with E-state index in [0.29, 0.717) is 46.9 Å². The van der Waals surface area contributed by atoms with Crippen LogP contribution < -0.4 is 24.2 Å². The molecule has 2 amide bonds. The zero-order valence-corrected chi connectivity index (χ0v) is 19.9. The first-order chi connectivity index (χ1) is 16.4. The molecule has 1 aromatic heterocycles. The normalized spacial score (nSPS) is 17.8. The molecule has 0 unspecified atom stereocenters. The molecule has 1 fully saturated rings. The summed E-state index contributed by atoms with van der Waals surface area (Å²) < 4.78 is 10.7. The van der Waals surface area contributed by atoms with E-state index in [0.717, 1.165) is 11.0 Å². The van der Waals surface area contributed by atoms with E-state index >= 15 is 0 Å². The van der Waals surface area contributed by atoms with Crippen LogP contribution in [0.2, 0.25) is 5.02 Å². The number of ether oxygens (including phenoxy) is 2. The van der Waals surface area contributed by atoms with Crippen LogP contribution in [0.25, 0.3) is 11.0 Å². The van der Waals surface area contributed by atoms with Gasteiger partial charge >= 0.3 is 0 Å². The summed E-state index contributed by atoms with van der Waals surface area (Å²) in [6, 6.07) is 10.8. The number of halogens is 1. The average molecular weight is 482 g/mol. The lowest BCUT2D eigenvalue weighted by Gasteiger charge is -2.34. The third-order valence-electron chi connectivity index (χ3n) is 6.30. The molecule has 34 heavy (non-hydrogen) atoms. The average Bonchev–Trinajstić information content (AvgIpc) is 3.24. The molecule has 1 saturated heterocycles. The van der Waals surface area contributed by atoms with E-state index in [4.69, 9.17) is 31.0 Å². The quantitative estimate of drug-likeness (QED) is 0.565. The monoisotopic (exact) mass is 481 g/mol. The number of para-hydroxylation sites is 2. The number of benzene rings is 2. The van der Waals surface area contributed by atoms with E-state index < -0.39 is 5.92 Å². The van der Waals surface area contributed by atoms with Crippen molar-refractivity contribution in [1.29, 1.82) is 0 Å². The van der Waals surface area contributed by atoms with Gasteiger partial charge in [0.25, 0.3) is 0 Å². The first-order valence-corrected chi connectivity index (χ1v) is 11.3. The summed E-state index contributed by atoms with van der Waals surface area (Å²) in [7, 11) is 4.96. The molecular weight excluding hydrogens is 458 g/mol. The molecule has 10 heteroatoms. The van der Waals surface area contributed by atoms with Crippen molar-refractivity contribution in [2.24, 2.45) is 5.92 Å². The second kappa shape index (κ2) is 8.64. The van der Waals surface area contributed by atoms with Crippen LogP contribution in [0.1, 0.15) is 6.42 Å². The number of rotatable bonds is 4. The lowest BCUT2D eigenvalue weighted by molar-refractivity contribution is -0.124. The summed E-state index contributed by atoms with van der Waals surface area (Å²) in [5.41, 5.74) is 2.00. The number of aromatic nitrogens is 2. The van der Waals surface area contributed by atoms with E-state index in [1.807, 2.05) is 36.2 Å².